The molecule has 64 heavy (non-hydrogen) atoms. The summed E-state index contributed by atoms with van der Waals surface area (Å²) in [4.78, 5) is 12.4. The van der Waals surface area contributed by atoms with Crippen LogP contribution in [-0.2, 0) is 4.79 Å². The molecule has 4 heteroatoms. The second-order valence-corrected chi connectivity index (χ2v) is 19.7. The van der Waals surface area contributed by atoms with Gasteiger partial charge in [-0.3, -0.25) is 4.79 Å². The zero-order valence-corrected chi connectivity index (χ0v) is 43.3. The third kappa shape index (κ3) is 51.3. The van der Waals surface area contributed by atoms with Crippen molar-refractivity contribution < 1.29 is 15.0 Å². The molecule has 0 radical (unpaired) electrons. The van der Waals surface area contributed by atoms with Gasteiger partial charge in [-0.05, 0) is 64.2 Å². The van der Waals surface area contributed by atoms with Gasteiger partial charge in [0.2, 0.25) is 5.91 Å². The van der Waals surface area contributed by atoms with E-state index in [9.17, 15) is 15.0 Å². The van der Waals surface area contributed by atoms with Crippen molar-refractivity contribution in [3.05, 3.63) is 48.6 Å². The fourth-order valence-corrected chi connectivity index (χ4v) is 8.87. The lowest BCUT2D eigenvalue weighted by atomic mass is 10.0. The zero-order chi connectivity index (χ0) is 46.3. The Morgan fingerprint density at radius 2 is 0.656 bits per heavy atom. The predicted molar refractivity (Wildman–Crippen MR) is 285 cm³/mol. The highest BCUT2D eigenvalue weighted by molar-refractivity contribution is 5.76. The van der Waals surface area contributed by atoms with E-state index >= 15 is 0 Å². The summed E-state index contributed by atoms with van der Waals surface area (Å²) >= 11 is 0. The predicted octanol–water partition coefficient (Wildman–Crippen LogP) is 19.0. The number of amides is 1. The summed E-state index contributed by atoms with van der Waals surface area (Å²) in [7, 11) is 0. The van der Waals surface area contributed by atoms with E-state index in [1.165, 1.54) is 250 Å². The molecule has 0 aliphatic heterocycles. The molecule has 0 aliphatic carbocycles. The van der Waals surface area contributed by atoms with Crippen LogP contribution in [0.5, 0.6) is 0 Å². The summed E-state index contributed by atoms with van der Waals surface area (Å²) in [5, 5.41) is 23.1. The molecule has 0 saturated heterocycles. The Balaban J connectivity index is 3.45. The average Bonchev–Trinajstić information content (AvgIpc) is 3.30. The van der Waals surface area contributed by atoms with Gasteiger partial charge in [0.1, 0.15) is 0 Å². The van der Waals surface area contributed by atoms with Crippen LogP contribution in [-0.4, -0.2) is 34.9 Å². The largest absolute Gasteiger partial charge is 0.394 e. The molecule has 2 atom stereocenters. The van der Waals surface area contributed by atoms with E-state index in [-0.39, 0.29) is 12.5 Å². The molecule has 1 amide bonds. The summed E-state index contributed by atoms with van der Waals surface area (Å²) in [6.07, 6.45) is 77.2. The van der Waals surface area contributed by atoms with E-state index < -0.39 is 12.1 Å². The van der Waals surface area contributed by atoms with Gasteiger partial charge in [-0.25, -0.2) is 0 Å². The summed E-state index contributed by atoms with van der Waals surface area (Å²) in [6, 6.07) is -0.639. The van der Waals surface area contributed by atoms with Crippen LogP contribution in [0.1, 0.15) is 309 Å². The molecule has 3 N–H and O–H groups in total. The molecule has 376 valence electrons. The quantitative estimate of drug-likeness (QED) is 0.0421. The Bertz CT molecular complexity index is 1020. The lowest BCUT2D eigenvalue weighted by molar-refractivity contribution is -0.123. The Labute approximate surface area is 401 Å². The summed E-state index contributed by atoms with van der Waals surface area (Å²) in [5.41, 5.74) is 0. The van der Waals surface area contributed by atoms with Crippen molar-refractivity contribution in [1.82, 2.24) is 5.32 Å². The number of hydrogen-bond acceptors (Lipinski definition) is 3. The SMILES string of the molecule is CCCCCCCCCCC/C=C/CC/C=C/C(O)C(CO)NC(=O)CCCCCCCCCCCCCCCCCCC/C=C\C/C=C\CCCCCCCCCCCCCCC. The van der Waals surface area contributed by atoms with Gasteiger partial charge in [0.25, 0.3) is 0 Å². The third-order valence-corrected chi connectivity index (χ3v) is 13.3. The van der Waals surface area contributed by atoms with Crippen molar-refractivity contribution >= 4 is 5.91 Å². The van der Waals surface area contributed by atoms with Crippen molar-refractivity contribution in [2.24, 2.45) is 0 Å². The van der Waals surface area contributed by atoms with E-state index in [0.29, 0.717) is 6.42 Å². The standard InChI is InChI=1S/C60H113NO3/c1-3-5-7-9-11-13-15-17-19-20-21-22-23-24-25-26-27-28-29-30-31-32-33-34-35-36-37-38-39-40-42-44-46-48-50-52-54-56-60(64)61-58(57-62)59(63)55-53-51-49-47-45-43-41-18-16-14-12-10-8-6-4-2/h25-26,28-29,45,47,53,55,58-59,62-63H,3-24,27,30-44,46,48-52,54,56-57H2,1-2H3,(H,61,64)/b26-25-,29-28-,47-45+,55-53+. The van der Waals surface area contributed by atoms with Crippen molar-refractivity contribution in [2.45, 2.75) is 321 Å². The second-order valence-electron chi connectivity index (χ2n) is 19.7. The van der Waals surface area contributed by atoms with E-state index in [0.717, 1.165) is 38.5 Å². The first-order valence-corrected chi connectivity index (χ1v) is 28.9. The van der Waals surface area contributed by atoms with Crippen LogP contribution in [0.3, 0.4) is 0 Å². The molecule has 0 aromatic rings. The highest BCUT2D eigenvalue weighted by Crippen LogP contribution is 2.17. The smallest absolute Gasteiger partial charge is 0.220 e. The maximum absolute atomic E-state index is 12.4. The first-order chi connectivity index (χ1) is 31.7. The van der Waals surface area contributed by atoms with Crippen LogP contribution in [0.4, 0.5) is 0 Å². The number of nitrogens with one attached hydrogen (secondary N) is 1. The van der Waals surface area contributed by atoms with Crippen molar-refractivity contribution in [2.75, 3.05) is 6.61 Å². The Hall–Kier alpha value is -1.65. The molecule has 0 bridgehead atoms. The lowest BCUT2D eigenvalue weighted by Crippen LogP contribution is -2.45. The van der Waals surface area contributed by atoms with E-state index in [4.69, 9.17) is 0 Å². The molecular weight excluding hydrogens is 783 g/mol. The molecule has 4 nitrogen and oxygen atoms in total. The topological polar surface area (TPSA) is 69.6 Å². The number of carbonyl (C=O) groups excluding carboxylic acids is 1. The van der Waals surface area contributed by atoms with E-state index in [2.05, 4.69) is 55.6 Å². The molecule has 2 unspecified atom stereocenters. The molecule has 0 aromatic carbocycles. The van der Waals surface area contributed by atoms with Crippen LogP contribution >= 0.6 is 0 Å². The molecule has 0 saturated carbocycles. The van der Waals surface area contributed by atoms with Crippen molar-refractivity contribution in [1.29, 1.82) is 0 Å². The Morgan fingerprint density at radius 3 is 1.00 bits per heavy atom. The summed E-state index contributed by atoms with van der Waals surface area (Å²) < 4.78 is 0. The number of hydrogen-bond donors (Lipinski definition) is 3. The minimum absolute atomic E-state index is 0.0712. The van der Waals surface area contributed by atoms with E-state index in [1.54, 1.807) is 6.08 Å². The number of aliphatic hydroxyl groups is 2. The fraction of sp³-hybridized carbons (Fsp3) is 0.850. The maximum Gasteiger partial charge on any atom is 0.220 e. The maximum atomic E-state index is 12.4. The van der Waals surface area contributed by atoms with Gasteiger partial charge in [0.05, 0.1) is 18.8 Å². The third-order valence-electron chi connectivity index (χ3n) is 13.3. The molecule has 0 aliphatic rings. The number of unbranched alkanes of at least 4 members (excludes halogenated alkanes) is 40. The van der Waals surface area contributed by atoms with Crippen LogP contribution in [0.15, 0.2) is 48.6 Å². The fourth-order valence-electron chi connectivity index (χ4n) is 8.87. The average molecular weight is 897 g/mol. The van der Waals surface area contributed by atoms with Gasteiger partial charge >= 0.3 is 0 Å². The highest BCUT2D eigenvalue weighted by Gasteiger charge is 2.18. The summed E-state index contributed by atoms with van der Waals surface area (Å²) in [6.45, 7) is 4.31. The van der Waals surface area contributed by atoms with Crippen LogP contribution < -0.4 is 5.32 Å². The van der Waals surface area contributed by atoms with Gasteiger partial charge in [-0.15, -0.1) is 0 Å². The molecule has 0 fully saturated rings. The van der Waals surface area contributed by atoms with Gasteiger partial charge in [-0.1, -0.05) is 287 Å². The molecule has 0 rings (SSSR count). The first-order valence-electron chi connectivity index (χ1n) is 28.9. The zero-order valence-electron chi connectivity index (χ0n) is 43.3. The highest BCUT2D eigenvalue weighted by atomic mass is 16.3. The Kier molecular flexibility index (Phi) is 54.2. The van der Waals surface area contributed by atoms with Gasteiger partial charge < -0.3 is 15.5 Å². The van der Waals surface area contributed by atoms with Gasteiger partial charge in [0.15, 0.2) is 0 Å². The lowest BCUT2D eigenvalue weighted by Gasteiger charge is -2.19. The minimum Gasteiger partial charge on any atom is -0.394 e. The number of aliphatic hydroxyl groups excluding tert-OH is 2. The number of allylic oxidation sites excluding steroid dienone is 7. The van der Waals surface area contributed by atoms with Crippen LogP contribution in [0.2, 0.25) is 0 Å². The minimum atomic E-state index is -0.862. The number of rotatable bonds is 53. The first kappa shape index (κ1) is 62.4. The van der Waals surface area contributed by atoms with Crippen molar-refractivity contribution in [3.8, 4) is 0 Å². The monoisotopic (exact) mass is 896 g/mol. The Morgan fingerprint density at radius 1 is 0.375 bits per heavy atom. The van der Waals surface area contributed by atoms with Crippen LogP contribution in [0, 0.1) is 0 Å². The molecule has 0 spiro atoms. The second kappa shape index (κ2) is 55.7. The van der Waals surface area contributed by atoms with E-state index in [1.807, 2.05) is 6.08 Å². The molecule has 0 heterocycles. The van der Waals surface area contributed by atoms with Gasteiger partial charge in [-0.2, -0.15) is 0 Å². The van der Waals surface area contributed by atoms with Gasteiger partial charge in [0, 0.05) is 6.42 Å². The normalized spacial score (nSPS) is 13.1. The van der Waals surface area contributed by atoms with Crippen LogP contribution in [0.25, 0.3) is 0 Å². The van der Waals surface area contributed by atoms with Crippen molar-refractivity contribution in [3.63, 3.8) is 0 Å². The molecular formula is C60H113NO3. The molecule has 0 aromatic heterocycles. The summed E-state index contributed by atoms with van der Waals surface area (Å²) in [5.74, 6) is -0.0712. The number of carbonyl (C=O) groups is 1.